The number of aliphatic hydroxyl groups is 1. The molecule has 1 aromatic carbocycles. The number of aryl methyl sites for hydroxylation is 1. The van der Waals surface area contributed by atoms with Crippen LogP contribution in [0.4, 0.5) is 0 Å². The van der Waals surface area contributed by atoms with Crippen LogP contribution in [0, 0.1) is 0 Å². The molecule has 0 fully saturated rings. The Labute approximate surface area is 108 Å². The van der Waals surface area contributed by atoms with Crippen LogP contribution in [-0.4, -0.2) is 14.9 Å². The first-order valence-electron chi connectivity index (χ1n) is 6.51. The molecule has 3 heteroatoms. The summed E-state index contributed by atoms with van der Waals surface area (Å²) in [7, 11) is 0. The second-order valence-electron chi connectivity index (χ2n) is 4.57. The van der Waals surface area contributed by atoms with Gasteiger partial charge < -0.3 is 5.11 Å². The first kappa shape index (κ1) is 12.8. The number of aromatic nitrogens is 2. The number of nitrogens with zero attached hydrogens (tertiary/aromatic N) is 2. The molecule has 1 unspecified atom stereocenters. The molecule has 0 amide bonds. The Hall–Kier alpha value is -1.61. The molecule has 2 aromatic rings. The van der Waals surface area contributed by atoms with Crippen molar-refractivity contribution in [2.45, 2.75) is 39.3 Å². The maximum absolute atomic E-state index is 9.72. The molecule has 0 aliphatic carbocycles. The molecule has 0 saturated heterocycles. The fourth-order valence-electron chi connectivity index (χ4n) is 1.94. The molecule has 0 aliphatic heterocycles. The van der Waals surface area contributed by atoms with Gasteiger partial charge in [0.05, 0.1) is 18.8 Å². The van der Waals surface area contributed by atoms with E-state index in [2.05, 4.69) is 36.3 Å². The van der Waals surface area contributed by atoms with Gasteiger partial charge in [0.15, 0.2) is 0 Å². The van der Waals surface area contributed by atoms with E-state index in [4.69, 9.17) is 0 Å². The predicted molar refractivity (Wildman–Crippen MR) is 72.4 cm³/mol. The smallest absolute Gasteiger partial charge is 0.0817 e. The van der Waals surface area contributed by atoms with Crippen LogP contribution in [0.15, 0.2) is 36.7 Å². The summed E-state index contributed by atoms with van der Waals surface area (Å²) in [6, 6.07) is 8.58. The van der Waals surface area contributed by atoms with Crippen LogP contribution >= 0.6 is 0 Å². The zero-order chi connectivity index (χ0) is 13.0. The second-order valence-corrected chi connectivity index (χ2v) is 4.57. The minimum Gasteiger partial charge on any atom is -0.388 e. The summed E-state index contributed by atoms with van der Waals surface area (Å²) in [5, 5.41) is 14.0. The molecule has 1 N–H and O–H groups in total. The quantitative estimate of drug-likeness (QED) is 0.878. The predicted octanol–water partition coefficient (Wildman–Crippen LogP) is 2.94. The van der Waals surface area contributed by atoms with E-state index in [0.29, 0.717) is 0 Å². The van der Waals surface area contributed by atoms with Crippen molar-refractivity contribution in [3.63, 3.8) is 0 Å². The van der Waals surface area contributed by atoms with Crippen LogP contribution < -0.4 is 0 Å². The molecule has 3 nitrogen and oxygen atoms in total. The van der Waals surface area contributed by atoms with Gasteiger partial charge in [-0.05, 0) is 24.0 Å². The Morgan fingerprint density at radius 2 is 1.83 bits per heavy atom. The van der Waals surface area contributed by atoms with Gasteiger partial charge in [0.25, 0.3) is 0 Å². The van der Waals surface area contributed by atoms with Gasteiger partial charge in [0, 0.05) is 11.8 Å². The van der Waals surface area contributed by atoms with Crippen LogP contribution in [-0.2, 0) is 13.0 Å². The minimum absolute atomic E-state index is 0.402. The molecule has 96 valence electrons. The number of aliphatic hydroxyl groups excluding tert-OH is 1. The number of hydrogen-bond donors (Lipinski definition) is 1. The van der Waals surface area contributed by atoms with Crippen molar-refractivity contribution in [3.8, 4) is 0 Å². The fraction of sp³-hybridized carbons (Fsp3) is 0.400. The summed E-state index contributed by atoms with van der Waals surface area (Å²) in [5.74, 6) is 0. The maximum atomic E-state index is 9.72. The lowest BCUT2D eigenvalue weighted by Crippen LogP contribution is -2.00. The highest BCUT2D eigenvalue weighted by atomic mass is 16.3. The zero-order valence-electron chi connectivity index (χ0n) is 11.0. The first-order valence-corrected chi connectivity index (χ1v) is 6.51. The lowest BCUT2D eigenvalue weighted by molar-refractivity contribution is 0.173. The zero-order valence-corrected chi connectivity index (χ0v) is 11.0. The summed E-state index contributed by atoms with van der Waals surface area (Å²) in [4.78, 5) is 0. The third-order valence-corrected chi connectivity index (χ3v) is 3.20. The molecule has 0 aliphatic rings. The van der Waals surface area contributed by atoms with E-state index in [1.54, 1.807) is 6.20 Å². The Bertz CT molecular complexity index is 487. The van der Waals surface area contributed by atoms with E-state index in [1.165, 1.54) is 11.1 Å². The Balaban J connectivity index is 2.06. The van der Waals surface area contributed by atoms with Crippen LogP contribution in [0.5, 0.6) is 0 Å². The standard InChI is InChI=1S/C15H20N2O/c1-3-12-5-7-13(8-6-12)10-17-11-14(9-16-17)15(18)4-2/h5-9,11,15,18H,3-4,10H2,1-2H3. The van der Waals surface area contributed by atoms with Crippen LogP contribution in [0.1, 0.15) is 43.1 Å². The van der Waals surface area contributed by atoms with E-state index in [1.807, 2.05) is 17.8 Å². The molecule has 2 rings (SSSR count). The van der Waals surface area contributed by atoms with Crippen LogP contribution in [0.3, 0.4) is 0 Å². The highest BCUT2D eigenvalue weighted by molar-refractivity contribution is 5.22. The van der Waals surface area contributed by atoms with Gasteiger partial charge in [-0.1, -0.05) is 38.1 Å². The molecule has 1 aromatic heterocycles. The van der Waals surface area contributed by atoms with Gasteiger partial charge in [-0.15, -0.1) is 0 Å². The van der Waals surface area contributed by atoms with Crippen LogP contribution in [0.2, 0.25) is 0 Å². The Kier molecular flexibility index (Phi) is 4.15. The van der Waals surface area contributed by atoms with E-state index in [-0.39, 0.29) is 0 Å². The molecule has 18 heavy (non-hydrogen) atoms. The molecular weight excluding hydrogens is 224 g/mol. The largest absolute Gasteiger partial charge is 0.388 e. The van der Waals surface area contributed by atoms with E-state index >= 15 is 0 Å². The molecule has 0 radical (unpaired) electrons. The Morgan fingerprint density at radius 3 is 2.44 bits per heavy atom. The van der Waals surface area contributed by atoms with Crippen molar-refractivity contribution < 1.29 is 5.11 Å². The average molecular weight is 244 g/mol. The lowest BCUT2D eigenvalue weighted by Gasteiger charge is -2.04. The third-order valence-electron chi connectivity index (χ3n) is 3.20. The van der Waals surface area contributed by atoms with Crippen molar-refractivity contribution in [2.24, 2.45) is 0 Å². The maximum Gasteiger partial charge on any atom is 0.0817 e. The summed E-state index contributed by atoms with van der Waals surface area (Å²) in [6.07, 6.45) is 5.05. The van der Waals surface area contributed by atoms with Crippen molar-refractivity contribution in [1.29, 1.82) is 0 Å². The van der Waals surface area contributed by atoms with Gasteiger partial charge in [0.1, 0.15) is 0 Å². The van der Waals surface area contributed by atoms with Crippen molar-refractivity contribution in [3.05, 3.63) is 53.3 Å². The van der Waals surface area contributed by atoms with Gasteiger partial charge in [0.2, 0.25) is 0 Å². The van der Waals surface area contributed by atoms with Gasteiger partial charge in [-0.25, -0.2) is 0 Å². The SMILES string of the molecule is CCc1ccc(Cn2cc(C(O)CC)cn2)cc1. The molecule has 0 bridgehead atoms. The fourth-order valence-corrected chi connectivity index (χ4v) is 1.94. The van der Waals surface area contributed by atoms with E-state index in [0.717, 1.165) is 24.9 Å². The van der Waals surface area contributed by atoms with Crippen LogP contribution in [0.25, 0.3) is 0 Å². The minimum atomic E-state index is -0.402. The normalized spacial score (nSPS) is 12.6. The van der Waals surface area contributed by atoms with Gasteiger partial charge in [-0.3, -0.25) is 4.68 Å². The van der Waals surface area contributed by atoms with E-state index in [9.17, 15) is 5.11 Å². The summed E-state index contributed by atoms with van der Waals surface area (Å²) in [5.41, 5.74) is 3.47. The summed E-state index contributed by atoms with van der Waals surface area (Å²) < 4.78 is 1.87. The first-order chi connectivity index (χ1) is 8.72. The highest BCUT2D eigenvalue weighted by Crippen LogP contribution is 2.15. The summed E-state index contributed by atoms with van der Waals surface area (Å²) in [6.45, 7) is 4.87. The van der Waals surface area contributed by atoms with Crippen molar-refractivity contribution in [1.82, 2.24) is 9.78 Å². The second kappa shape index (κ2) is 5.83. The highest BCUT2D eigenvalue weighted by Gasteiger charge is 2.07. The number of rotatable bonds is 5. The topological polar surface area (TPSA) is 38.0 Å². The number of hydrogen-bond acceptors (Lipinski definition) is 2. The Morgan fingerprint density at radius 1 is 1.17 bits per heavy atom. The molecular formula is C15H20N2O. The van der Waals surface area contributed by atoms with Gasteiger partial charge in [-0.2, -0.15) is 5.10 Å². The monoisotopic (exact) mass is 244 g/mol. The lowest BCUT2D eigenvalue weighted by atomic mass is 10.1. The van der Waals surface area contributed by atoms with Crippen molar-refractivity contribution in [2.75, 3.05) is 0 Å². The number of benzene rings is 1. The molecule has 1 atom stereocenters. The average Bonchev–Trinajstić information content (AvgIpc) is 2.87. The summed E-state index contributed by atoms with van der Waals surface area (Å²) >= 11 is 0. The van der Waals surface area contributed by atoms with Crippen molar-refractivity contribution >= 4 is 0 Å². The van der Waals surface area contributed by atoms with E-state index < -0.39 is 6.10 Å². The third kappa shape index (κ3) is 2.99. The molecule has 0 spiro atoms. The van der Waals surface area contributed by atoms with Gasteiger partial charge >= 0.3 is 0 Å². The molecule has 0 saturated carbocycles. The molecule has 1 heterocycles.